The molecule has 0 aliphatic rings. The molecule has 2 amide bonds. The molecule has 1 heterocycles. The van der Waals surface area contributed by atoms with Gasteiger partial charge in [0.1, 0.15) is 23.7 Å². The molecule has 0 atom stereocenters. The van der Waals surface area contributed by atoms with Gasteiger partial charge in [-0.3, -0.25) is 24.4 Å². The van der Waals surface area contributed by atoms with Crippen LogP contribution in [0.15, 0.2) is 24.3 Å². The Hall–Kier alpha value is -3.30. The van der Waals surface area contributed by atoms with E-state index in [0.29, 0.717) is 0 Å². The molecule has 1 aromatic carbocycles. The van der Waals surface area contributed by atoms with E-state index in [0.717, 1.165) is 0 Å². The minimum Gasteiger partial charge on any atom is -0.353 e. The van der Waals surface area contributed by atoms with Crippen molar-refractivity contribution in [3.05, 3.63) is 57.1 Å². The number of aryl methyl sites for hydroxylation is 1. The van der Waals surface area contributed by atoms with E-state index in [9.17, 15) is 24.1 Å². The maximum Gasteiger partial charge on any atom is 0.312 e. The lowest BCUT2D eigenvalue weighted by atomic mass is 10.2. The lowest BCUT2D eigenvalue weighted by Crippen LogP contribution is -2.36. The third-order valence-corrected chi connectivity index (χ3v) is 3.67. The molecule has 0 fully saturated rings. The number of amides is 2. The van der Waals surface area contributed by atoms with E-state index in [1.807, 2.05) is 0 Å². The van der Waals surface area contributed by atoms with E-state index in [2.05, 4.69) is 15.7 Å². The lowest BCUT2D eigenvalue weighted by molar-refractivity contribution is -0.386. The number of nitro groups is 1. The first-order chi connectivity index (χ1) is 12.3. The normalized spacial score (nSPS) is 10.4. The van der Waals surface area contributed by atoms with Crippen molar-refractivity contribution in [2.75, 3.05) is 13.1 Å². The van der Waals surface area contributed by atoms with Crippen molar-refractivity contribution < 1.29 is 18.9 Å². The van der Waals surface area contributed by atoms with Crippen LogP contribution in [-0.4, -0.2) is 39.6 Å². The topological polar surface area (TPSA) is 119 Å². The fourth-order valence-electron chi connectivity index (χ4n) is 2.42. The van der Waals surface area contributed by atoms with Crippen LogP contribution in [0.4, 0.5) is 10.1 Å². The van der Waals surface area contributed by atoms with Crippen LogP contribution in [0, 0.1) is 29.8 Å². The van der Waals surface area contributed by atoms with Gasteiger partial charge in [-0.15, -0.1) is 0 Å². The number of aromatic nitrogens is 2. The van der Waals surface area contributed by atoms with E-state index in [4.69, 9.17) is 0 Å². The van der Waals surface area contributed by atoms with Gasteiger partial charge in [-0.2, -0.15) is 5.10 Å². The van der Waals surface area contributed by atoms with E-state index < -0.39 is 22.6 Å². The Kier molecular flexibility index (Phi) is 5.99. The highest BCUT2D eigenvalue weighted by Crippen LogP contribution is 2.21. The molecule has 26 heavy (non-hydrogen) atoms. The number of hydrogen-bond acceptors (Lipinski definition) is 5. The summed E-state index contributed by atoms with van der Waals surface area (Å²) in [5, 5.41) is 20.0. The van der Waals surface area contributed by atoms with Gasteiger partial charge in [-0.05, 0) is 26.0 Å². The second-order valence-electron chi connectivity index (χ2n) is 5.52. The molecule has 0 bridgehead atoms. The average Bonchev–Trinajstić information content (AvgIpc) is 2.85. The van der Waals surface area contributed by atoms with Crippen molar-refractivity contribution in [2.45, 2.75) is 20.4 Å². The van der Waals surface area contributed by atoms with E-state index in [1.165, 1.54) is 36.7 Å². The van der Waals surface area contributed by atoms with Crippen molar-refractivity contribution >= 4 is 17.5 Å². The Bertz CT molecular complexity index is 849. The summed E-state index contributed by atoms with van der Waals surface area (Å²) in [5.74, 6) is -1.61. The smallest absolute Gasteiger partial charge is 0.312 e. The number of benzene rings is 1. The Morgan fingerprint density at radius 2 is 1.88 bits per heavy atom. The van der Waals surface area contributed by atoms with Gasteiger partial charge in [0.05, 0.1) is 10.5 Å². The third kappa shape index (κ3) is 4.41. The molecular formula is C16H18FN5O4. The molecule has 10 heteroatoms. The van der Waals surface area contributed by atoms with Crippen molar-refractivity contribution in [1.82, 2.24) is 20.4 Å². The first-order valence-corrected chi connectivity index (χ1v) is 7.79. The summed E-state index contributed by atoms with van der Waals surface area (Å²) in [7, 11) is 0. The van der Waals surface area contributed by atoms with Crippen LogP contribution < -0.4 is 10.6 Å². The van der Waals surface area contributed by atoms with Crippen LogP contribution in [0.5, 0.6) is 0 Å². The van der Waals surface area contributed by atoms with Gasteiger partial charge in [0, 0.05) is 13.1 Å². The minimum atomic E-state index is -0.625. The van der Waals surface area contributed by atoms with Crippen LogP contribution in [0.25, 0.3) is 0 Å². The molecule has 0 aliphatic carbocycles. The Morgan fingerprint density at radius 3 is 2.50 bits per heavy atom. The quantitative estimate of drug-likeness (QED) is 0.434. The van der Waals surface area contributed by atoms with Gasteiger partial charge in [0.2, 0.25) is 5.91 Å². The highest BCUT2D eigenvalue weighted by molar-refractivity contribution is 5.94. The Labute approximate surface area is 148 Å². The summed E-state index contributed by atoms with van der Waals surface area (Å²) in [4.78, 5) is 34.1. The minimum absolute atomic E-state index is 0.0752. The number of hydrogen-bond donors (Lipinski definition) is 2. The first-order valence-electron chi connectivity index (χ1n) is 7.79. The largest absolute Gasteiger partial charge is 0.353 e. The molecule has 2 N–H and O–H groups in total. The zero-order chi connectivity index (χ0) is 19.3. The third-order valence-electron chi connectivity index (χ3n) is 3.67. The van der Waals surface area contributed by atoms with Crippen LogP contribution >= 0.6 is 0 Å². The zero-order valence-electron chi connectivity index (χ0n) is 14.3. The average molecular weight is 363 g/mol. The fraction of sp³-hybridized carbons (Fsp3) is 0.312. The van der Waals surface area contributed by atoms with Gasteiger partial charge < -0.3 is 10.6 Å². The maximum atomic E-state index is 13.5. The number of halogens is 1. The van der Waals surface area contributed by atoms with Crippen molar-refractivity contribution in [3.8, 4) is 0 Å². The summed E-state index contributed by atoms with van der Waals surface area (Å²) in [5.41, 5.74) is 0.330. The molecule has 0 unspecified atom stereocenters. The van der Waals surface area contributed by atoms with Gasteiger partial charge in [0.25, 0.3) is 5.91 Å². The molecule has 2 aromatic rings. The van der Waals surface area contributed by atoms with Crippen molar-refractivity contribution in [3.63, 3.8) is 0 Å². The predicted molar refractivity (Wildman–Crippen MR) is 90.1 cm³/mol. The van der Waals surface area contributed by atoms with Crippen molar-refractivity contribution in [2.24, 2.45) is 0 Å². The SMILES string of the molecule is Cc1nn(CC(=O)NCCNC(=O)c2ccccc2F)c(C)c1[N+](=O)[O-]. The van der Waals surface area contributed by atoms with Crippen LogP contribution in [0.3, 0.4) is 0 Å². The standard InChI is InChI=1S/C16H18FN5O4/c1-10-15(22(25)26)11(2)21(20-10)9-14(23)18-7-8-19-16(24)12-5-3-4-6-13(12)17/h3-6H,7-9H2,1-2H3,(H,18,23)(H,19,24). The summed E-state index contributed by atoms with van der Waals surface area (Å²) in [6.45, 7) is 3.07. The summed E-state index contributed by atoms with van der Waals surface area (Å²) < 4.78 is 14.7. The number of carbonyl (C=O) groups excluding carboxylic acids is 2. The van der Waals surface area contributed by atoms with Crippen LogP contribution in [-0.2, 0) is 11.3 Å². The predicted octanol–water partition coefficient (Wildman–Crippen LogP) is 1.09. The molecule has 0 saturated heterocycles. The monoisotopic (exact) mass is 363 g/mol. The van der Waals surface area contributed by atoms with Crippen LogP contribution in [0.2, 0.25) is 0 Å². The van der Waals surface area contributed by atoms with E-state index in [-0.39, 0.29) is 42.3 Å². The number of nitrogens with zero attached hydrogens (tertiary/aromatic N) is 3. The number of rotatable bonds is 7. The molecule has 0 aliphatic heterocycles. The van der Waals surface area contributed by atoms with Crippen molar-refractivity contribution in [1.29, 1.82) is 0 Å². The highest BCUT2D eigenvalue weighted by atomic mass is 19.1. The highest BCUT2D eigenvalue weighted by Gasteiger charge is 2.22. The molecule has 0 saturated carbocycles. The molecule has 0 radical (unpaired) electrons. The first kappa shape index (κ1) is 19.0. The van der Waals surface area contributed by atoms with E-state index >= 15 is 0 Å². The number of nitrogens with one attached hydrogen (secondary N) is 2. The molecule has 9 nitrogen and oxygen atoms in total. The van der Waals surface area contributed by atoms with Crippen LogP contribution in [0.1, 0.15) is 21.7 Å². The second-order valence-corrected chi connectivity index (χ2v) is 5.52. The van der Waals surface area contributed by atoms with E-state index in [1.54, 1.807) is 6.07 Å². The molecular weight excluding hydrogens is 345 g/mol. The lowest BCUT2D eigenvalue weighted by Gasteiger charge is -2.08. The molecule has 138 valence electrons. The molecule has 0 spiro atoms. The summed E-state index contributed by atoms with van der Waals surface area (Å²) in [6, 6.07) is 5.58. The fourth-order valence-corrected chi connectivity index (χ4v) is 2.42. The van der Waals surface area contributed by atoms with Gasteiger partial charge in [-0.25, -0.2) is 4.39 Å². The van der Waals surface area contributed by atoms with Gasteiger partial charge in [-0.1, -0.05) is 12.1 Å². The second kappa shape index (κ2) is 8.19. The maximum absolute atomic E-state index is 13.5. The van der Waals surface area contributed by atoms with Gasteiger partial charge in [0.15, 0.2) is 0 Å². The summed E-state index contributed by atoms with van der Waals surface area (Å²) >= 11 is 0. The molecule has 1 aromatic heterocycles. The zero-order valence-corrected chi connectivity index (χ0v) is 14.3. The Balaban J connectivity index is 1.81. The Morgan fingerprint density at radius 1 is 1.23 bits per heavy atom. The van der Waals surface area contributed by atoms with Gasteiger partial charge >= 0.3 is 5.69 Å². The number of carbonyl (C=O) groups is 2. The molecule has 2 rings (SSSR count). The summed E-state index contributed by atoms with van der Waals surface area (Å²) in [6.07, 6.45) is 0.